The molecule has 0 aliphatic carbocycles. The van der Waals surface area contributed by atoms with E-state index in [1.165, 1.54) is 0 Å². The van der Waals surface area contributed by atoms with Crippen molar-refractivity contribution in [3.05, 3.63) is 72.6 Å². The molecule has 1 unspecified atom stereocenters. The van der Waals surface area contributed by atoms with Crippen LogP contribution in [0.2, 0.25) is 0 Å². The van der Waals surface area contributed by atoms with E-state index in [1.54, 1.807) is 38.0 Å². The summed E-state index contributed by atoms with van der Waals surface area (Å²) in [4.78, 5) is 46.5. The number of hydrogen-bond donors (Lipinski definition) is 3. The van der Waals surface area contributed by atoms with Crippen LogP contribution in [-0.4, -0.2) is 83.4 Å². The number of nitrogens with zero attached hydrogens (tertiary/aromatic N) is 2. The molecule has 0 radical (unpaired) electrons. The van der Waals surface area contributed by atoms with Crippen LogP contribution in [0.25, 0.3) is 10.8 Å². The lowest BCUT2D eigenvalue weighted by atomic mass is 9.97. The molecule has 1 amide bonds. The first-order valence-corrected chi connectivity index (χ1v) is 16.3. The number of aromatic nitrogens is 1. The predicted octanol–water partition coefficient (Wildman–Crippen LogP) is 4.03. The molecular weight excluding hydrogens is 562 g/mol. The van der Waals surface area contributed by atoms with Crippen molar-refractivity contribution in [2.24, 2.45) is 0 Å². The fourth-order valence-corrected chi connectivity index (χ4v) is 6.02. The van der Waals surface area contributed by atoms with Crippen LogP contribution in [0.4, 0.5) is 5.69 Å². The van der Waals surface area contributed by atoms with Crippen molar-refractivity contribution >= 4 is 45.9 Å². The number of carbonyl (C=O) groups excluding carboxylic acids is 3. The number of Topliss-reactive ketones (excluding diaryl/α,β-unsaturated/α-hetero) is 1. The average Bonchev–Trinajstić information content (AvgIpc) is 3.53. The number of ether oxygens (including phenoxy) is 1. The van der Waals surface area contributed by atoms with Crippen molar-refractivity contribution in [3.8, 4) is 0 Å². The van der Waals surface area contributed by atoms with Crippen molar-refractivity contribution in [3.63, 3.8) is 0 Å². The Kier molecular flexibility index (Phi) is 12.4. The van der Waals surface area contributed by atoms with Gasteiger partial charge in [-0.25, -0.2) is 4.79 Å². The Morgan fingerprint density at radius 2 is 1.86 bits per heavy atom. The molecule has 1 aliphatic rings. The maximum Gasteiger partial charge on any atom is 0.328 e. The third kappa shape index (κ3) is 9.51. The molecule has 1 aliphatic heterocycles. The van der Waals surface area contributed by atoms with Crippen molar-refractivity contribution in [2.45, 2.75) is 63.9 Å². The van der Waals surface area contributed by atoms with E-state index in [1.807, 2.05) is 47.6 Å². The number of amides is 1. The molecule has 3 atom stereocenters. The van der Waals surface area contributed by atoms with Gasteiger partial charge in [0.1, 0.15) is 6.04 Å². The van der Waals surface area contributed by atoms with E-state index in [0.717, 1.165) is 41.4 Å². The lowest BCUT2D eigenvalue weighted by molar-refractivity contribution is -0.151. The number of pyridine rings is 1. The molecule has 0 spiro atoms. The van der Waals surface area contributed by atoms with E-state index in [2.05, 4.69) is 39.1 Å². The minimum Gasteiger partial charge on any atom is -0.461 e. The summed E-state index contributed by atoms with van der Waals surface area (Å²) < 4.78 is 5.45. The summed E-state index contributed by atoms with van der Waals surface area (Å²) in [5.41, 5.74) is 1.84. The van der Waals surface area contributed by atoms with Crippen LogP contribution >= 0.6 is 11.8 Å². The summed E-state index contributed by atoms with van der Waals surface area (Å²) in [5.74, 6) is -0.0666. The Labute approximate surface area is 258 Å². The Morgan fingerprint density at radius 1 is 1.09 bits per heavy atom. The van der Waals surface area contributed by atoms with E-state index in [4.69, 9.17) is 4.74 Å². The third-order valence-corrected chi connectivity index (χ3v) is 8.18. The summed E-state index contributed by atoms with van der Waals surface area (Å²) in [6, 6.07) is 16.5. The second-order valence-electron chi connectivity index (χ2n) is 11.1. The van der Waals surface area contributed by atoms with Crippen LogP contribution in [0.3, 0.4) is 0 Å². The third-order valence-electron chi connectivity index (χ3n) is 7.53. The van der Waals surface area contributed by atoms with Gasteiger partial charge in [0.15, 0.2) is 5.78 Å². The molecule has 230 valence electrons. The molecular formula is C33H43N5O4S. The van der Waals surface area contributed by atoms with Gasteiger partial charge in [0.2, 0.25) is 5.91 Å². The van der Waals surface area contributed by atoms with Gasteiger partial charge in [0, 0.05) is 30.7 Å². The molecule has 1 fully saturated rings. The van der Waals surface area contributed by atoms with Crippen molar-refractivity contribution in [1.29, 1.82) is 0 Å². The molecule has 1 aromatic heterocycles. The van der Waals surface area contributed by atoms with Crippen LogP contribution in [0.15, 0.2) is 67.0 Å². The molecule has 4 rings (SSSR count). The molecule has 0 saturated carbocycles. The van der Waals surface area contributed by atoms with E-state index in [9.17, 15) is 14.4 Å². The average molecular weight is 606 g/mol. The highest BCUT2D eigenvalue weighted by atomic mass is 32.2. The van der Waals surface area contributed by atoms with Crippen molar-refractivity contribution in [2.75, 3.05) is 37.0 Å². The van der Waals surface area contributed by atoms with Gasteiger partial charge < -0.3 is 20.7 Å². The molecule has 43 heavy (non-hydrogen) atoms. The van der Waals surface area contributed by atoms with Gasteiger partial charge in [-0.15, -0.1) is 0 Å². The normalized spacial score (nSPS) is 16.3. The summed E-state index contributed by atoms with van der Waals surface area (Å²) in [7, 11) is 0. The van der Waals surface area contributed by atoms with Crippen LogP contribution in [-0.2, 0) is 25.7 Å². The van der Waals surface area contributed by atoms with Gasteiger partial charge in [0.25, 0.3) is 0 Å². The fourth-order valence-electron chi connectivity index (χ4n) is 5.55. The Morgan fingerprint density at radius 3 is 2.58 bits per heavy atom. The first kappa shape index (κ1) is 32.4. The molecule has 1 saturated heterocycles. The Bertz CT molecular complexity index is 1340. The van der Waals surface area contributed by atoms with E-state index in [0.29, 0.717) is 18.7 Å². The van der Waals surface area contributed by atoms with Crippen molar-refractivity contribution in [1.82, 2.24) is 20.5 Å². The molecule has 3 aromatic rings. The number of esters is 1. The highest BCUT2D eigenvalue weighted by molar-refractivity contribution is 7.98. The predicted molar refractivity (Wildman–Crippen MR) is 173 cm³/mol. The van der Waals surface area contributed by atoms with E-state index >= 15 is 0 Å². The second kappa shape index (κ2) is 16.4. The van der Waals surface area contributed by atoms with Gasteiger partial charge >= 0.3 is 5.97 Å². The number of rotatable bonds is 16. The Hall–Kier alpha value is -3.47. The van der Waals surface area contributed by atoms with Gasteiger partial charge in [-0.1, -0.05) is 42.5 Å². The lowest BCUT2D eigenvalue weighted by Gasteiger charge is -2.35. The van der Waals surface area contributed by atoms with Crippen molar-refractivity contribution < 1.29 is 19.1 Å². The zero-order valence-electron chi connectivity index (χ0n) is 25.3. The minimum atomic E-state index is -0.756. The highest BCUT2D eigenvalue weighted by Crippen LogP contribution is 2.24. The summed E-state index contributed by atoms with van der Waals surface area (Å²) in [6.45, 7) is 4.86. The topological polar surface area (TPSA) is 113 Å². The number of hydrogen-bond acceptors (Lipinski definition) is 9. The van der Waals surface area contributed by atoms with E-state index in [-0.39, 0.29) is 36.9 Å². The number of nitrogens with one attached hydrogen (secondary N) is 3. The summed E-state index contributed by atoms with van der Waals surface area (Å²) in [5, 5.41) is 11.8. The molecule has 2 aromatic carbocycles. The number of fused-ring (bicyclic) bond motifs is 1. The number of anilines is 1. The van der Waals surface area contributed by atoms with Gasteiger partial charge in [-0.3, -0.25) is 19.5 Å². The zero-order valence-corrected chi connectivity index (χ0v) is 26.1. The first-order chi connectivity index (χ1) is 20.9. The number of ketones is 1. The highest BCUT2D eigenvalue weighted by Gasteiger charge is 2.36. The summed E-state index contributed by atoms with van der Waals surface area (Å²) in [6.07, 6.45) is 7.28. The smallest absolute Gasteiger partial charge is 0.328 e. The monoisotopic (exact) mass is 605 g/mol. The first-order valence-electron chi connectivity index (χ1n) is 14.9. The van der Waals surface area contributed by atoms with E-state index < -0.39 is 18.1 Å². The standard InChI is InChI=1S/C33H43N5O4S/c1-23(2)42-33(41)29(15-19-43-3)37-31(40)22-38(21-25-10-6-9-24-8-4-5-11-27(24)25)32(28-12-7-16-35-28)30(39)20-36-26-13-17-34-18-14-26/h4-6,8-11,13-14,17-18,23,28-29,32,35H,7,12,15-16,19-22H2,1-3H3,(H,34,36)(H,37,40)/t28-,29-,32?/m0/s1. The van der Waals surface area contributed by atoms with Gasteiger partial charge in [0.05, 0.1) is 25.2 Å². The molecule has 9 nitrogen and oxygen atoms in total. The van der Waals surface area contributed by atoms with Crippen LogP contribution < -0.4 is 16.0 Å². The largest absolute Gasteiger partial charge is 0.461 e. The quantitative estimate of drug-likeness (QED) is 0.208. The molecule has 10 heteroatoms. The number of benzene rings is 2. The maximum absolute atomic E-state index is 14.0. The second-order valence-corrected chi connectivity index (χ2v) is 12.1. The lowest BCUT2D eigenvalue weighted by Crippen LogP contribution is -2.56. The molecule has 2 heterocycles. The van der Waals surface area contributed by atoms with Crippen LogP contribution in [0.1, 0.15) is 38.7 Å². The van der Waals surface area contributed by atoms with Crippen LogP contribution in [0, 0.1) is 0 Å². The van der Waals surface area contributed by atoms with Crippen LogP contribution in [0.5, 0.6) is 0 Å². The van der Waals surface area contributed by atoms with Gasteiger partial charge in [-0.05, 0) is 80.1 Å². The SMILES string of the molecule is CSCC[C@H](NC(=O)CN(Cc1cccc2ccccc12)C(C(=O)CNc1ccncc1)[C@@H]1CCCN1)C(=O)OC(C)C. The Balaban J connectivity index is 1.62. The summed E-state index contributed by atoms with van der Waals surface area (Å²) >= 11 is 1.61. The number of thioether (sulfide) groups is 1. The fraction of sp³-hybridized carbons (Fsp3) is 0.455. The van der Waals surface area contributed by atoms with Gasteiger partial charge in [-0.2, -0.15) is 11.8 Å². The molecule has 3 N–H and O–H groups in total. The molecule has 0 bridgehead atoms. The minimum absolute atomic E-state index is 0.0117. The maximum atomic E-state index is 14.0. The number of carbonyl (C=O) groups is 3. The zero-order chi connectivity index (χ0) is 30.6.